The van der Waals surface area contributed by atoms with Gasteiger partial charge in [-0.3, -0.25) is 9.48 Å². The Morgan fingerprint density at radius 1 is 1.09 bits per heavy atom. The molecule has 4 aromatic rings. The Kier molecular flexibility index (Phi) is 5.95. The molecule has 0 saturated heterocycles. The lowest BCUT2D eigenvalue weighted by Crippen LogP contribution is -2.05. The molecule has 0 amide bonds. The SMILES string of the molecule is COc1c(Nc2cc(Nc3cc(C#N)ccn3)ncc2C(C)=O)cccc1-c1ncn(C)n1. The number of nitrogens with one attached hydrogen (secondary N) is 2. The summed E-state index contributed by atoms with van der Waals surface area (Å²) in [4.78, 5) is 25.1. The molecule has 164 valence electrons. The number of anilines is 4. The second kappa shape index (κ2) is 9.15. The zero-order valence-electron chi connectivity index (χ0n) is 18.2. The number of carbonyl (C=O) groups is 1. The van der Waals surface area contributed by atoms with Crippen LogP contribution in [0.4, 0.5) is 23.0 Å². The lowest BCUT2D eigenvalue weighted by atomic mass is 10.1. The number of ketones is 1. The van der Waals surface area contributed by atoms with Crippen molar-refractivity contribution in [1.82, 2.24) is 24.7 Å². The number of aryl methyl sites for hydroxylation is 1. The second-order valence-electron chi connectivity index (χ2n) is 7.09. The molecule has 4 rings (SSSR count). The minimum Gasteiger partial charge on any atom is -0.494 e. The van der Waals surface area contributed by atoms with E-state index in [9.17, 15) is 4.79 Å². The molecule has 2 N–H and O–H groups in total. The first-order valence-corrected chi connectivity index (χ1v) is 9.92. The number of Topliss-reactive ketones (excluding diaryl/α,β-unsaturated/α-hetero) is 1. The second-order valence-corrected chi connectivity index (χ2v) is 7.09. The first kappa shape index (κ1) is 21.5. The van der Waals surface area contributed by atoms with Crippen molar-refractivity contribution < 1.29 is 9.53 Å². The molecule has 0 unspecified atom stereocenters. The van der Waals surface area contributed by atoms with Gasteiger partial charge in [-0.05, 0) is 31.2 Å². The standard InChI is InChI=1S/C23H20N8O2/c1-14(32)17-12-26-21(29-20-9-15(11-24)7-8-25-20)10-19(17)28-18-6-4-5-16(22(18)33-3)23-27-13-31(2)30-23/h4-10,12-13H,1-3H3,(H2,25,26,28,29). The molecule has 3 aromatic heterocycles. The van der Waals surface area contributed by atoms with Gasteiger partial charge in [-0.1, -0.05) is 6.07 Å². The van der Waals surface area contributed by atoms with Crippen LogP contribution in [0.1, 0.15) is 22.8 Å². The van der Waals surface area contributed by atoms with Gasteiger partial charge in [0, 0.05) is 25.5 Å². The van der Waals surface area contributed by atoms with E-state index in [1.807, 2.05) is 18.2 Å². The number of aromatic nitrogens is 5. The normalized spacial score (nSPS) is 10.4. The summed E-state index contributed by atoms with van der Waals surface area (Å²) < 4.78 is 7.27. The summed E-state index contributed by atoms with van der Waals surface area (Å²) in [6, 6.07) is 12.5. The zero-order chi connectivity index (χ0) is 23.4. The van der Waals surface area contributed by atoms with Crippen LogP contribution >= 0.6 is 0 Å². The molecule has 0 bridgehead atoms. The van der Waals surface area contributed by atoms with Crippen molar-refractivity contribution >= 4 is 28.8 Å². The Bertz CT molecular complexity index is 1370. The molecule has 0 aliphatic heterocycles. The third-order valence-corrected chi connectivity index (χ3v) is 4.76. The highest BCUT2D eigenvalue weighted by Gasteiger charge is 2.17. The summed E-state index contributed by atoms with van der Waals surface area (Å²) in [7, 11) is 3.35. The van der Waals surface area contributed by atoms with Crippen LogP contribution in [0, 0.1) is 11.3 Å². The molecule has 0 atom stereocenters. The van der Waals surface area contributed by atoms with Gasteiger partial charge in [-0.15, -0.1) is 0 Å². The van der Waals surface area contributed by atoms with Crippen LogP contribution in [0.25, 0.3) is 11.4 Å². The van der Waals surface area contributed by atoms with Crippen LogP contribution in [0.2, 0.25) is 0 Å². The van der Waals surface area contributed by atoms with Gasteiger partial charge >= 0.3 is 0 Å². The lowest BCUT2D eigenvalue weighted by Gasteiger charge is -2.16. The Morgan fingerprint density at radius 3 is 2.61 bits per heavy atom. The average molecular weight is 440 g/mol. The average Bonchev–Trinajstić information content (AvgIpc) is 3.25. The van der Waals surface area contributed by atoms with Crippen molar-refractivity contribution in [2.24, 2.45) is 7.05 Å². The lowest BCUT2D eigenvalue weighted by molar-refractivity contribution is 0.101. The predicted octanol–water partition coefficient (Wildman–Crippen LogP) is 3.84. The highest BCUT2D eigenvalue weighted by atomic mass is 16.5. The van der Waals surface area contributed by atoms with Gasteiger partial charge in [0.25, 0.3) is 0 Å². The quantitative estimate of drug-likeness (QED) is 0.411. The summed E-state index contributed by atoms with van der Waals surface area (Å²) in [6.07, 6.45) is 4.63. The fourth-order valence-electron chi connectivity index (χ4n) is 3.25. The number of rotatable bonds is 7. The number of nitriles is 1. The van der Waals surface area contributed by atoms with Crippen molar-refractivity contribution in [3.05, 3.63) is 66.2 Å². The topological polar surface area (TPSA) is 131 Å². The third-order valence-electron chi connectivity index (χ3n) is 4.76. The number of ether oxygens (including phenoxy) is 1. The van der Waals surface area contributed by atoms with Gasteiger partial charge < -0.3 is 15.4 Å². The van der Waals surface area contributed by atoms with E-state index in [4.69, 9.17) is 10.00 Å². The van der Waals surface area contributed by atoms with Crippen LogP contribution < -0.4 is 15.4 Å². The zero-order valence-corrected chi connectivity index (χ0v) is 18.2. The number of para-hydroxylation sites is 1. The largest absolute Gasteiger partial charge is 0.494 e. The number of nitrogens with zero attached hydrogens (tertiary/aromatic N) is 6. The monoisotopic (exact) mass is 440 g/mol. The highest BCUT2D eigenvalue weighted by molar-refractivity contribution is 6.00. The molecule has 0 saturated carbocycles. The Morgan fingerprint density at radius 2 is 1.91 bits per heavy atom. The molecule has 10 heteroatoms. The molecule has 1 aromatic carbocycles. The van der Waals surface area contributed by atoms with Crippen molar-refractivity contribution in [3.8, 4) is 23.2 Å². The van der Waals surface area contributed by atoms with Gasteiger partial charge in [0.05, 0.1) is 41.2 Å². The minimum atomic E-state index is -0.150. The van der Waals surface area contributed by atoms with Crippen LogP contribution in [0.3, 0.4) is 0 Å². The number of hydrogen-bond acceptors (Lipinski definition) is 9. The van der Waals surface area contributed by atoms with Gasteiger partial charge in [0.1, 0.15) is 18.0 Å². The summed E-state index contributed by atoms with van der Waals surface area (Å²) in [5, 5.41) is 19.8. The van der Waals surface area contributed by atoms with E-state index in [1.54, 1.807) is 43.4 Å². The Hall–Kier alpha value is -4.78. The number of benzene rings is 1. The summed E-state index contributed by atoms with van der Waals surface area (Å²) in [5.41, 5.74) is 2.74. The molecular weight excluding hydrogens is 420 g/mol. The highest BCUT2D eigenvalue weighted by Crippen LogP contribution is 2.37. The number of carbonyl (C=O) groups excluding carboxylic acids is 1. The molecule has 0 aliphatic rings. The van der Waals surface area contributed by atoms with Crippen molar-refractivity contribution in [2.75, 3.05) is 17.7 Å². The molecule has 0 aliphatic carbocycles. The van der Waals surface area contributed by atoms with Gasteiger partial charge in [-0.25, -0.2) is 15.0 Å². The van der Waals surface area contributed by atoms with Crippen LogP contribution in [0.15, 0.2) is 55.1 Å². The molecule has 3 heterocycles. The summed E-state index contributed by atoms with van der Waals surface area (Å²) >= 11 is 0. The fraction of sp³-hybridized carbons (Fsp3) is 0.130. The van der Waals surface area contributed by atoms with Crippen LogP contribution in [0.5, 0.6) is 5.75 Å². The van der Waals surface area contributed by atoms with E-state index >= 15 is 0 Å². The van der Waals surface area contributed by atoms with E-state index in [-0.39, 0.29) is 5.78 Å². The third kappa shape index (κ3) is 4.62. The number of methoxy groups -OCH3 is 1. The van der Waals surface area contributed by atoms with Crippen LogP contribution in [-0.2, 0) is 7.05 Å². The molecule has 0 spiro atoms. The minimum absolute atomic E-state index is 0.150. The Labute approximate surface area is 189 Å². The number of hydrogen-bond donors (Lipinski definition) is 2. The maximum atomic E-state index is 12.3. The molecular formula is C23H20N8O2. The van der Waals surface area contributed by atoms with E-state index < -0.39 is 0 Å². The van der Waals surface area contributed by atoms with Crippen molar-refractivity contribution in [3.63, 3.8) is 0 Å². The smallest absolute Gasteiger partial charge is 0.184 e. The van der Waals surface area contributed by atoms with Gasteiger partial charge in [0.2, 0.25) is 0 Å². The molecule has 0 fully saturated rings. The maximum absolute atomic E-state index is 12.3. The van der Waals surface area contributed by atoms with E-state index in [2.05, 4.69) is 36.8 Å². The van der Waals surface area contributed by atoms with E-state index in [0.717, 1.165) is 0 Å². The van der Waals surface area contributed by atoms with E-state index in [1.165, 1.54) is 19.3 Å². The van der Waals surface area contributed by atoms with Crippen LogP contribution in [-0.4, -0.2) is 37.6 Å². The van der Waals surface area contributed by atoms with Crippen molar-refractivity contribution in [1.29, 1.82) is 5.26 Å². The molecule has 33 heavy (non-hydrogen) atoms. The molecule has 0 radical (unpaired) electrons. The Balaban J connectivity index is 1.72. The summed E-state index contributed by atoms with van der Waals surface area (Å²) in [5.74, 6) is 1.82. The van der Waals surface area contributed by atoms with E-state index in [0.29, 0.717) is 51.3 Å². The maximum Gasteiger partial charge on any atom is 0.184 e. The van der Waals surface area contributed by atoms with Crippen molar-refractivity contribution in [2.45, 2.75) is 6.92 Å². The summed E-state index contributed by atoms with van der Waals surface area (Å²) in [6.45, 7) is 1.47. The first-order chi connectivity index (χ1) is 16.0. The predicted molar refractivity (Wildman–Crippen MR) is 123 cm³/mol. The fourth-order valence-corrected chi connectivity index (χ4v) is 3.25. The molecule has 10 nitrogen and oxygen atoms in total. The number of pyridine rings is 2. The van der Waals surface area contributed by atoms with Gasteiger partial charge in [-0.2, -0.15) is 10.4 Å². The van der Waals surface area contributed by atoms with Gasteiger partial charge in [0.15, 0.2) is 17.4 Å². The first-order valence-electron chi connectivity index (χ1n) is 9.92.